The molecule has 3 heteroatoms. The molecule has 1 atom stereocenters. The smallest absolute Gasteiger partial charge is 0.138 e. The third-order valence-electron chi connectivity index (χ3n) is 4.26. The number of nitrogens with one attached hydrogen (secondary N) is 1. The summed E-state index contributed by atoms with van der Waals surface area (Å²) in [7, 11) is 4.21. The molecule has 2 heterocycles. The Morgan fingerprint density at radius 2 is 1.86 bits per heavy atom. The highest BCUT2D eigenvalue weighted by atomic mass is 15.1. The van der Waals surface area contributed by atoms with Crippen molar-refractivity contribution in [2.75, 3.05) is 14.1 Å². The SMILES string of the molecule is Cc1ccccc1-c1ccnc2[nH]cc(C(C)N(C)C)c12. The largest absolute Gasteiger partial charge is 0.346 e. The molecule has 21 heavy (non-hydrogen) atoms. The number of benzene rings is 1. The van der Waals surface area contributed by atoms with Gasteiger partial charge in [0.05, 0.1) is 0 Å². The van der Waals surface area contributed by atoms with Gasteiger partial charge in [0.25, 0.3) is 0 Å². The maximum absolute atomic E-state index is 4.49. The van der Waals surface area contributed by atoms with Crippen LogP contribution in [0.15, 0.2) is 42.7 Å². The summed E-state index contributed by atoms with van der Waals surface area (Å²) in [6.45, 7) is 4.38. The molecule has 1 aromatic carbocycles. The number of aromatic nitrogens is 2. The number of fused-ring (bicyclic) bond motifs is 1. The summed E-state index contributed by atoms with van der Waals surface area (Å²) in [4.78, 5) is 10.0. The lowest BCUT2D eigenvalue weighted by atomic mass is 9.95. The van der Waals surface area contributed by atoms with Gasteiger partial charge in [-0.25, -0.2) is 4.98 Å². The molecule has 0 aliphatic rings. The second-order valence-corrected chi connectivity index (χ2v) is 5.78. The Bertz CT molecular complexity index is 771. The summed E-state index contributed by atoms with van der Waals surface area (Å²) in [5.41, 5.74) is 6.07. The lowest BCUT2D eigenvalue weighted by molar-refractivity contribution is 0.323. The Labute approximate surface area is 125 Å². The summed E-state index contributed by atoms with van der Waals surface area (Å²) >= 11 is 0. The third kappa shape index (κ3) is 2.34. The van der Waals surface area contributed by atoms with Crippen LogP contribution in [0.25, 0.3) is 22.2 Å². The van der Waals surface area contributed by atoms with Crippen LogP contribution in [0.1, 0.15) is 24.1 Å². The van der Waals surface area contributed by atoms with Gasteiger partial charge in [0, 0.05) is 23.8 Å². The second kappa shape index (κ2) is 5.34. The van der Waals surface area contributed by atoms with E-state index in [1.807, 2.05) is 6.20 Å². The molecule has 0 aliphatic carbocycles. The van der Waals surface area contributed by atoms with E-state index in [0.717, 1.165) is 5.65 Å². The fourth-order valence-electron chi connectivity index (χ4n) is 2.79. The van der Waals surface area contributed by atoms with E-state index in [-0.39, 0.29) is 0 Å². The summed E-state index contributed by atoms with van der Waals surface area (Å²) in [5.74, 6) is 0. The van der Waals surface area contributed by atoms with Crippen molar-refractivity contribution in [3.8, 4) is 11.1 Å². The van der Waals surface area contributed by atoms with Crippen molar-refractivity contribution < 1.29 is 0 Å². The molecule has 3 rings (SSSR count). The molecular formula is C18H21N3. The number of pyridine rings is 1. The summed E-state index contributed by atoms with van der Waals surface area (Å²) in [5, 5.41) is 1.23. The number of aryl methyl sites for hydroxylation is 1. The monoisotopic (exact) mass is 279 g/mol. The summed E-state index contributed by atoms with van der Waals surface area (Å²) in [6, 6.07) is 11.0. The molecule has 3 aromatic rings. The van der Waals surface area contributed by atoms with Gasteiger partial charge in [-0.1, -0.05) is 24.3 Å². The van der Waals surface area contributed by atoms with Crippen LogP contribution in [0.3, 0.4) is 0 Å². The van der Waals surface area contributed by atoms with Crippen molar-refractivity contribution >= 4 is 11.0 Å². The van der Waals surface area contributed by atoms with Crippen molar-refractivity contribution in [3.63, 3.8) is 0 Å². The molecule has 0 amide bonds. The first-order chi connectivity index (χ1) is 10.1. The molecule has 108 valence electrons. The second-order valence-electron chi connectivity index (χ2n) is 5.78. The van der Waals surface area contributed by atoms with Crippen molar-refractivity contribution in [2.24, 2.45) is 0 Å². The van der Waals surface area contributed by atoms with Crippen LogP contribution in [-0.4, -0.2) is 29.0 Å². The highest BCUT2D eigenvalue weighted by Crippen LogP contribution is 2.35. The summed E-state index contributed by atoms with van der Waals surface area (Å²) in [6.07, 6.45) is 3.97. The van der Waals surface area contributed by atoms with Gasteiger partial charge in [-0.05, 0) is 56.3 Å². The molecular weight excluding hydrogens is 258 g/mol. The molecule has 1 N–H and O–H groups in total. The van der Waals surface area contributed by atoms with Crippen LogP contribution in [0.2, 0.25) is 0 Å². The highest BCUT2D eigenvalue weighted by Gasteiger charge is 2.17. The normalized spacial score (nSPS) is 13.0. The minimum Gasteiger partial charge on any atom is -0.346 e. The van der Waals surface area contributed by atoms with E-state index in [4.69, 9.17) is 0 Å². The third-order valence-corrected chi connectivity index (χ3v) is 4.26. The number of hydrogen-bond acceptors (Lipinski definition) is 2. The van der Waals surface area contributed by atoms with E-state index in [1.54, 1.807) is 0 Å². The van der Waals surface area contributed by atoms with E-state index in [9.17, 15) is 0 Å². The van der Waals surface area contributed by atoms with E-state index in [2.05, 4.69) is 79.3 Å². The number of nitrogens with zero attached hydrogens (tertiary/aromatic N) is 2. The van der Waals surface area contributed by atoms with Crippen molar-refractivity contribution in [1.82, 2.24) is 14.9 Å². The van der Waals surface area contributed by atoms with Crippen LogP contribution >= 0.6 is 0 Å². The Kier molecular flexibility index (Phi) is 3.52. The average Bonchev–Trinajstić information content (AvgIpc) is 2.91. The van der Waals surface area contributed by atoms with Gasteiger partial charge in [0.15, 0.2) is 0 Å². The zero-order chi connectivity index (χ0) is 15.0. The van der Waals surface area contributed by atoms with Crippen LogP contribution in [0.5, 0.6) is 0 Å². The highest BCUT2D eigenvalue weighted by molar-refractivity contribution is 5.96. The topological polar surface area (TPSA) is 31.9 Å². The average molecular weight is 279 g/mol. The van der Waals surface area contributed by atoms with E-state index < -0.39 is 0 Å². The van der Waals surface area contributed by atoms with E-state index in [0.29, 0.717) is 6.04 Å². The van der Waals surface area contributed by atoms with Gasteiger partial charge in [0.2, 0.25) is 0 Å². The van der Waals surface area contributed by atoms with E-state index in [1.165, 1.54) is 27.6 Å². The number of aromatic amines is 1. The predicted octanol–water partition coefficient (Wildman–Crippen LogP) is 4.16. The standard InChI is InChI=1S/C18H21N3/c1-12-7-5-6-8-14(12)15-9-10-19-18-17(15)16(11-20-18)13(2)21(3)4/h5-11,13H,1-4H3,(H,19,20). The molecule has 0 fully saturated rings. The fourth-order valence-corrected chi connectivity index (χ4v) is 2.79. The van der Waals surface area contributed by atoms with E-state index >= 15 is 0 Å². The predicted molar refractivity (Wildman–Crippen MR) is 88.4 cm³/mol. The number of hydrogen-bond donors (Lipinski definition) is 1. The fraction of sp³-hybridized carbons (Fsp3) is 0.278. The Hall–Kier alpha value is -2.13. The maximum Gasteiger partial charge on any atom is 0.138 e. The molecule has 2 aromatic heterocycles. The lowest BCUT2D eigenvalue weighted by Crippen LogP contribution is -2.16. The Balaban J connectivity index is 2.29. The molecule has 0 bridgehead atoms. The van der Waals surface area contributed by atoms with Crippen molar-refractivity contribution in [1.29, 1.82) is 0 Å². The molecule has 0 saturated heterocycles. The Morgan fingerprint density at radius 3 is 2.57 bits per heavy atom. The van der Waals surface area contributed by atoms with Gasteiger partial charge in [-0.3, -0.25) is 0 Å². The zero-order valence-corrected chi connectivity index (χ0v) is 13.0. The van der Waals surface area contributed by atoms with Gasteiger partial charge in [-0.2, -0.15) is 0 Å². The molecule has 0 spiro atoms. The minimum absolute atomic E-state index is 0.339. The van der Waals surface area contributed by atoms with Crippen LogP contribution in [-0.2, 0) is 0 Å². The quantitative estimate of drug-likeness (QED) is 0.780. The Morgan fingerprint density at radius 1 is 1.10 bits per heavy atom. The first-order valence-corrected chi connectivity index (χ1v) is 7.28. The summed E-state index contributed by atoms with van der Waals surface area (Å²) < 4.78 is 0. The molecule has 1 unspecified atom stereocenters. The first kappa shape index (κ1) is 13.8. The minimum atomic E-state index is 0.339. The van der Waals surface area contributed by atoms with Crippen LogP contribution < -0.4 is 0 Å². The lowest BCUT2D eigenvalue weighted by Gasteiger charge is -2.20. The van der Waals surface area contributed by atoms with Crippen molar-refractivity contribution in [3.05, 3.63) is 53.9 Å². The molecule has 0 aliphatic heterocycles. The first-order valence-electron chi connectivity index (χ1n) is 7.28. The number of rotatable bonds is 3. The van der Waals surface area contributed by atoms with Gasteiger partial charge < -0.3 is 9.88 Å². The molecule has 0 radical (unpaired) electrons. The number of H-pyrrole nitrogens is 1. The maximum atomic E-state index is 4.49. The van der Waals surface area contributed by atoms with Crippen molar-refractivity contribution in [2.45, 2.75) is 19.9 Å². The van der Waals surface area contributed by atoms with Crippen LogP contribution in [0.4, 0.5) is 0 Å². The van der Waals surface area contributed by atoms with Gasteiger partial charge >= 0.3 is 0 Å². The van der Waals surface area contributed by atoms with Crippen LogP contribution in [0, 0.1) is 6.92 Å². The zero-order valence-electron chi connectivity index (χ0n) is 13.0. The van der Waals surface area contributed by atoms with Gasteiger partial charge in [0.1, 0.15) is 5.65 Å². The molecule has 3 nitrogen and oxygen atoms in total. The van der Waals surface area contributed by atoms with Gasteiger partial charge in [-0.15, -0.1) is 0 Å². The molecule has 0 saturated carbocycles.